The van der Waals surface area contributed by atoms with Gasteiger partial charge in [-0.1, -0.05) is 29.0 Å². The molecule has 0 unspecified atom stereocenters. The summed E-state index contributed by atoms with van der Waals surface area (Å²) in [6.07, 6.45) is 0. The van der Waals surface area contributed by atoms with Crippen molar-refractivity contribution in [2.24, 2.45) is 0 Å². The van der Waals surface area contributed by atoms with Crippen LogP contribution in [0.3, 0.4) is 0 Å². The number of rotatable bonds is 3. The molecule has 0 fully saturated rings. The van der Waals surface area contributed by atoms with Crippen LogP contribution in [-0.4, -0.2) is 18.1 Å². The fourth-order valence-electron chi connectivity index (χ4n) is 1.53. The van der Waals surface area contributed by atoms with E-state index in [0.717, 1.165) is 11.3 Å². The average molecular weight is 297 g/mol. The molecule has 1 aromatic carbocycles. The maximum Gasteiger partial charge on any atom is 0.350 e. The normalized spacial score (nSPS) is 10.3. The first kappa shape index (κ1) is 13.8. The van der Waals surface area contributed by atoms with E-state index < -0.39 is 0 Å². The molecule has 19 heavy (non-hydrogen) atoms. The van der Waals surface area contributed by atoms with Crippen molar-refractivity contribution in [1.82, 2.24) is 4.98 Å². The van der Waals surface area contributed by atoms with Crippen molar-refractivity contribution in [3.8, 4) is 0 Å². The monoisotopic (exact) mass is 296 g/mol. The maximum atomic E-state index is 11.5. The number of nitrogens with one attached hydrogen (secondary N) is 1. The lowest BCUT2D eigenvalue weighted by Crippen LogP contribution is -1.99. The van der Waals surface area contributed by atoms with Crippen LogP contribution in [0.5, 0.6) is 0 Å². The molecule has 0 aliphatic rings. The number of hydrogen-bond donors (Lipinski definition) is 1. The Morgan fingerprint density at radius 1 is 1.42 bits per heavy atom. The number of halogens is 1. The number of esters is 1. The summed E-state index contributed by atoms with van der Waals surface area (Å²) in [6, 6.07) is 5.66. The van der Waals surface area contributed by atoms with Crippen LogP contribution < -0.4 is 5.32 Å². The SMILES string of the molecule is COC(=O)c1sc(Nc2ccc(C)c(Cl)c2)nc1C. The first-order chi connectivity index (χ1) is 9.01. The van der Waals surface area contributed by atoms with Gasteiger partial charge in [-0.2, -0.15) is 0 Å². The van der Waals surface area contributed by atoms with Crippen LogP contribution >= 0.6 is 22.9 Å². The van der Waals surface area contributed by atoms with Crippen LogP contribution in [0.2, 0.25) is 5.02 Å². The number of thiazole rings is 1. The Hall–Kier alpha value is -1.59. The smallest absolute Gasteiger partial charge is 0.350 e. The Kier molecular flexibility index (Phi) is 4.07. The molecule has 2 rings (SSSR count). The van der Waals surface area contributed by atoms with Gasteiger partial charge in [-0.25, -0.2) is 9.78 Å². The number of benzene rings is 1. The van der Waals surface area contributed by atoms with Crippen molar-refractivity contribution in [3.05, 3.63) is 39.4 Å². The highest BCUT2D eigenvalue weighted by Gasteiger charge is 2.15. The lowest BCUT2D eigenvalue weighted by molar-refractivity contribution is 0.0605. The predicted octanol–water partition coefficient (Wildman–Crippen LogP) is 3.94. The zero-order chi connectivity index (χ0) is 14.0. The molecule has 6 heteroatoms. The number of methoxy groups -OCH3 is 1. The molecule has 0 saturated carbocycles. The van der Waals surface area contributed by atoms with Gasteiger partial charge in [0, 0.05) is 10.7 Å². The fourth-order valence-corrected chi connectivity index (χ4v) is 2.61. The van der Waals surface area contributed by atoms with Gasteiger partial charge in [-0.05, 0) is 31.5 Å². The number of ether oxygens (including phenoxy) is 1. The van der Waals surface area contributed by atoms with Crippen LogP contribution in [0, 0.1) is 13.8 Å². The first-order valence-electron chi connectivity index (χ1n) is 5.60. The summed E-state index contributed by atoms with van der Waals surface area (Å²) in [5.41, 5.74) is 2.50. The molecule has 0 radical (unpaired) electrons. The molecule has 0 aliphatic carbocycles. The largest absolute Gasteiger partial charge is 0.465 e. The van der Waals surface area contributed by atoms with Gasteiger partial charge < -0.3 is 10.1 Å². The van der Waals surface area contributed by atoms with Crippen LogP contribution in [0.4, 0.5) is 10.8 Å². The summed E-state index contributed by atoms with van der Waals surface area (Å²) in [4.78, 5) is 16.3. The number of hydrogen-bond acceptors (Lipinski definition) is 5. The van der Waals surface area contributed by atoms with Crippen molar-refractivity contribution in [2.75, 3.05) is 12.4 Å². The third-order valence-electron chi connectivity index (χ3n) is 2.59. The maximum absolute atomic E-state index is 11.5. The van der Waals surface area contributed by atoms with Gasteiger partial charge in [0.2, 0.25) is 0 Å². The van der Waals surface area contributed by atoms with E-state index in [1.54, 1.807) is 6.92 Å². The molecule has 1 N–H and O–H groups in total. The van der Waals surface area contributed by atoms with E-state index in [9.17, 15) is 4.79 Å². The molecule has 0 saturated heterocycles. The lowest BCUT2D eigenvalue weighted by atomic mass is 10.2. The number of aryl methyl sites for hydroxylation is 2. The summed E-state index contributed by atoms with van der Waals surface area (Å²) < 4.78 is 4.70. The van der Waals surface area contributed by atoms with Crippen molar-refractivity contribution in [3.63, 3.8) is 0 Å². The van der Waals surface area contributed by atoms with Gasteiger partial charge in [-0.15, -0.1) is 0 Å². The van der Waals surface area contributed by atoms with Crippen molar-refractivity contribution in [2.45, 2.75) is 13.8 Å². The van der Waals surface area contributed by atoms with E-state index in [0.29, 0.717) is 20.7 Å². The second kappa shape index (κ2) is 5.59. The molecule has 0 spiro atoms. The summed E-state index contributed by atoms with van der Waals surface area (Å²) >= 11 is 7.32. The minimum atomic E-state index is -0.370. The topological polar surface area (TPSA) is 51.2 Å². The van der Waals surface area contributed by atoms with Crippen LogP contribution in [0.25, 0.3) is 0 Å². The minimum Gasteiger partial charge on any atom is -0.465 e. The molecule has 1 heterocycles. The summed E-state index contributed by atoms with van der Waals surface area (Å²) in [5, 5.41) is 4.45. The molecule has 1 aromatic heterocycles. The standard InChI is InChI=1S/C13H13ClN2O2S/c1-7-4-5-9(6-10(7)14)16-13-15-8(2)11(19-13)12(17)18-3/h4-6H,1-3H3,(H,15,16). The van der Waals surface area contributed by atoms with Gasteiger partial charge in [0.1, 0.15) is 4.88 Å². The van der Waals surface area contributed by atoms with E-state index in [1.165, 1.54) is 18.4 Å². The number of carbonyl (C=O) groups is 1. The molecule has 100 valence electrons. The predicted molar refractivity (Wildman–Crippen MR) is 77.7 cm³/mol. The minimum absolute atomic E-state index is 0.370. The Bertz CT molecular complexity index is 625. The van der Waals surface area contributed by atoms with Gasteiger partial charge in [0.25, 0.3) is 0 Å². The Balaban J connectivity index is 2.24. The molecular formula is C13H13ClN2O2S. The highest BCUT2D eigenvalue weighted by molar-refractivity contribution is 7.17. The Morgan fingerprint density at radius 3 is 2.79 bits per heavy atom. The van der Waals surface area contributed by atoms with Gasteiger partial charge in [-0.3, -0.25) is 0 Å². The highest BCUT2D eigenvalue weighted by atomic mass is 35.5. The van der Waals surface area contributed by atoms with E-state index in [1.807, 2.05) is 25.1 Å². The number of nitrogens with zero attached hydrogens (tertiary/aromatic N) is 1. The van der Waals surface area contributed by atoms with E-state index in [2.05, 4.69) is 10.3 Å². The molecule has 0 bridgehead atoms. The third-order valence-corrected chi connectivity index (χ3v) is 4.05. The molecule has 0 atom stereocenters. The Labute approximate surface area is 120 Å². The van der Waals surface area contributed by atoms with Crippen LogP contribution in [0.15, 0.2) is 18.2 Å². The number of anilines is 2. The second-order valence-corrected chi connectivity index (χ2v) is 5.42. The van der Waals surface area contributed by atoms with Gasteiger partial charge in [0.15, 0.2) is 5.13 Å². The van der Waals surface area contributed by atoms with Crippen molar-refractivity contribution >= 4 is 39.7 Å². The molecule has 0 aliphatic heterocycles. The zero-order valence-electron chi connectivity index (χ0n) is 10.8. The quantitative estimate of drug-likeness (QED) is 0.872. The zero-order valence-corrected chi connectivity index (χ0v) is 12.4. The number of aromatic nitrogens is 1. The first-order valence-corrected chi connectivity index (χ1v) is 6.79. The summed E-state index contributed by atoms with van der Waals surface area (Å²) in [6.45, 7) is 3.71. The van der Waals surface area contributed by atoms with Crippen molar-refractivity contribution in [1.29, 1.82) is 0 Å². The molecule has 0 amide bonds. The fraction of sp³-hybridized carbons (Fsp3) is 0.231. The number of carbonyl (C=O) groups excluding carboxylic acids is 1. The molecular weight excluding hydrogens is 284 g/mol. The van der Waals surface area contributed by atoms with E-state index >= 15 is 0 Å². The molecule has 4 nitrogen and oxygen atoms in total. The summed E-state index contributed by atoms with van der Waals surface area (Å²) in [5.74, 6) is -0.370. The highest BCUT2D eigenvalue weighted by Crippen LogP contribution is 2.28. The lowest BCUT2D eigenvalue weighted by Gasteiger charge is -2.04. The summed E-state index contributed by atoms with van der Waals surface area (Å²) in [7, 11) is 1.36. The average Bonchev–Trinajstić information content (AvgIpc) is 2.74. The third kappa shape index (κ3) is 3.05. The van der Waals surface area contributed by atoms with Gasteiger partial charge in [0.05, 0.1) is 12.8 Å². The second-order valence-electron chi connectivity index (χ2n) is 4.01. The Morgan fingerprint density at radius 2 is 2.16 bits per heavy atom. The van der Waals surface area contributed by atoms with Gasteiger partial charge >= 0.3 is 5.97 Å². The van der Waals surface area contributed by atoms with E-state index in [-0.39, 0.29) is 5.97 Å². The van der Waals surface area contributed by atoms with Crippen molar-refractivity contribution < 1.29 is 9.53 Å². The van der Waals surface area contributed by atoms with Crippen LogP contribution in [0.1, 0.15) is 20.9 Å². The van der Waals surface area contributed by atoms with E-state index in [4.69, 9.17) is 16.3 Å². The molecule has 2 aromatic rings. The van der Waals surface area contributed by atoms with Crippen LogP contribution in [-0.2, 0) is 4.74 Å².